The molecule has 0 aliphatic carbocycles. The van der Waals surface area contributed by atoms with Crippen molar-refractivity contribution in [2.75, 3.05) is 49.0 Å². The molecule has 0 spiro atoms. The minimum atomic E-state index is -4.08. The number of nitrogens with zero attached hydrogens (tertiary/aromatic N) is 4. The summed E-state index contributed by atoms with van der Waals surface area (Å²) in [4.78, 5) is 21.7. The molecule has 5 rings (SSSR count). The number of methoxy groups -OCH3 is 1. The number of amides is 1. The number of piperazine rings is 1. The van der Waals surface area contributed by atoms with Crippen molar-refractivity contribution in [3.8, 4) is 5.75 Å². The minimum absolute atomic E-state index is 0.130. The molecule has 0 atom stereocenters. The van der Waals surface area contributed by atoms with Gasteiger partial charge in [-0.3, -0.25) is 14.1 Å². The number of ether oxygens (including phenoxy) is 1. The molecular weight excluding hydrogens is 488 g/mol. The zero-order valence-corrected chi connectivity index (χ0v) is 21.3. The van der Waals surface area contributed by atoms with Gasteiger partial charge in [0.2, 0.25) is 5.91 Å². The van der Waals surface area contributed by atoms with Crippen LogP contribution in [0.25, 0.3) is 10.8 Å². The number of hydrogen-bond acceptors (Lipinski definition) is 6. The fourth-order valence-corrected chi connectivity index (χ4v) is 6.21. The maximum Gasteiger partial charge on any atom is 0.265 e. The van der Waals surface area contributed by atoms with Crippen LogP contribution >= 0.6 is 0 Å². The van der Waals surface area contributed by atoms with Crippen molar-refractivity contribution in [2.24, 2.45) is 0 Å². The van der Waals surface area contributed by atoms with Crippen molar-refractivity contribution in [3.63, 3.8) is 0 Å². The summed E-state index contributed by atoms with van der Waals surface area (Å²) >= 11 is 0. The number of aromatic nitrogens is 1. The number of fused-ring (bicyclic) bond motifs is 1. The first kappa shape index (κ1) is 24.6. The highest BCUT2D eigenvalue weighted by molar-refractivity contribution is 7.93. The van der Waals surface area contributed by atoms with Crippen molar-refractivity contribution in [2.45, 2.75) is 4.90 Å². The van der Waals surface area contributed by atoms with E-state index in [1.165, 1.54) is 4.31 Å². The third-order valence-electron chi connectivity index (χ3n) is 6.60. The average Bonchev–Trinajstić information content (AvgIpc) is 2.96. The van der Waals surface area contributed by atoms with Gasteiger partial charge in [0.25, 0.3) is 10.0 Å². The Hall–Kier alpha value is -4.11. The summed E-state index contributed by atoms with van der Waals surface area (Å²) < 4.78 is 34.5. The Morgan fingerprint density at radius 2 is 1.65 bits per heavy atom. The number of rotatable bonds is 7. The second kappa shape index (κ2) is 10.5. The van der Waals surface area contributed by atoms with Gasteiger partial charge in [-0.15, -0.1) is 0 Å². The van der Waals surface area contributed by atoms with Gasteiger partial charge in [0, 0.05) is 55.0 Å². The van der Waals surface area contributed by atoms with Gasteiger partial charge in [0.05, 0.1) is 17.7 Å². The van der Waals surface area contributed by atoms with E-state index < -0.39 is 10.0 Å². The topological polar surface area (TPSA) is 83.0 Å². The van der Waals surface area contributed by atoms with E-state index in [1.54, 1.807) is 66.9 Å². The van der Waals surface area contributed by atoms with Crippen molar-refractivity contribution >= 4 is 38.1 Å². The van der Waals surface area contributed by atoms with Crippen LogP contribution in [0.4, 0.5) is 11.4 Å². The number of pyridine rings is 1. The highest BCUT2D eigenvalue weighted by atomic mass is 32.2. The van der Waals surface area contributed by atoms with Crippen LogP contribution in [0.1, 0.15) is 0 Å². The maximum absolute atomic E-state index is 14.1. The first-order valence-corrected chi connectivity index (χ1v) is 13.5. The van der Waals surface area contributed by atoms with E-state index >= 15 is 0 Å². The monoisotopic (exact) mass is 516 g/mol. The molecule has 0 saturated carbocycles. The molecule has 0 bridgehead atoms. The molecule has 3 aromatic carbocycles. The third kappa shape index (κ3) is 5.08. The van der Waals surface area contributed by atoms with Crippen LogP contribution in [0.5, 0.6) is 5.75 Å². The number of sulfonamides is 1. The SMILES string of the molecule is COc1ccc(N(CC(=O)N2CCN(c3ccccc3)CC2)S(=O)(=O)c2cccc3cnccc23)cc1. The average molecular weight is 517 g/mol. The van der Waals surface area contributed by atoms with Crippen LogP contribution in [0.3, 0.4) is 0 Å². The standard InChI is InChI=1S/C28H28N4O4S/c1-36-25-12-10-24(11-13-25)32(37(34,35)27-9-5-6-22-20-29-15-14-26(22)27)21-28(33)31-18-16-30(17-19-31)23-7-3-2-4-8-23/h2-15,20H,16-19,21H2,1H3. The molecule has 0 radical (unpaired) electrons. The Bertz CT molecular complexity index is 1480. The van der Waals surface area contributed by atoms with Crippen LogP contribution < -0.4 is 13.9 Å². The minimum Gasteiger partial charge on any atom is -0.497 e. The summed E-state index contributed by atoms with van der Waals surface area (Å²) in [6.45, 7) is 2.10. The van der Waals surface area contributed by atoms with Gasteiger partial charge in [0.15, 0.2) is 0 Å². The van der Waals surface area contributed by atoms with Crippen molar-refractivity contribution in [1.82, 2.24) is 9.88 Å². The molecule has 4 aromatic rings. The molecule has 0 N–H and O–H groups in total. The fraction of sp³-hybridized carbons (Fsp3) is 0.214. The van der Waals surface area contributed by atoms with Crippen molar-refractivity contribution < 1.29 is 17.9 Å². The largest absolute Gasteiger partial charge is 0.497 e. The van der Waals surface area contributed by atoms with Crippen molar-refractivity contribution in [1.29, 1.82) is 0 Å². The summed E-state index contributed by atoms with van der Waals surface area (Å²) in [5.41, 5.74) is 1.51. The van der Waals surface area contributed by atoms with E-state index in [0.29, 0.717) is 48.4 Å². The molecule has 1 aliphatic rings. The number of anilines is 2. The second-order valence-electron chi connectivity index (χ2n) is 8.77. The number of carbonyl (C=O) groups excluding carboxylic acids is 1. The van der Waals surface area contributed by atoms with Crippen molar-refractivity contribution in [3.05, 3.63) is 91.3 Å². The van der Waals surface area contributed by atoms with Gasteiger partial charge in [-0.1, -0.05) is 30.3 Å². The molecule has 2 heterocycles. The summed E-state index contributed by atoms with van der Waals surface area (Å²) in [6, 6.07) is 23.5. The predicted molar refractivity (Wildman–Crippen MR) is 145 cm³/mol. The summed E-state index contributed by atoms with van der Waals surface area (Å²) in [5.74, 6) is 0.356. The molecule has 190 valence electrons. The Morgan fingerprint density at radius 3 is 2.35 bits per heavy atom. The van der Waals surface area contributed by atoms with E-state index in [0.717, 1.165) is 5.69 Å². The summed E-state index contributed by atoms with van der Waals surface area (Å²) in [5, 5.41) is 1.27. The summed E-state index contributed by atoms with van der Waals surface area (Å²) in [6.07, 6.45) is 3.19. The van der Waals surface area contributed by atoms with E-state index in [2.05, 4.69) is 22.0 Å². The summed E-state index contributed by atoms with van der Waals surface area (Å²) in [7, 11) is -2.53. The van der Waals surface area contributed by atoms with E-state index in [1.807, 2.05) is 24.3 Å². The quantitative estimate of drug-likeness (QED) is 0.372. The van der Waals surface area contributed by atoms with E-state index in [4.69, 9.17) is 4.74 Å². The van der Waals surface area contributed by atoms with Gasteiger partial charge in [-0.05, 0) is 48.5 Å². The van der Waals surface area contributed by atoms with Crippen LogP contribution in [0.15, 0.2) is 96.2 Å². The number of benzene rings is 3. The van der Waals surface area contributed by atoms with Gasteiger partial charge < -0.3 is 14.5 Å². The molecule has 37 heavy (non-hydrogen) atoms. The van der Waals surface area contributed by atoms with Crippen LogP contribution in [0, 0.1) is 0 Å². The highest BCUT2D eigenvalue weighted by Gasteiger charge is 2.31. The molecular formula is C28H28N4O4S. The second-order valence-corrected chi connectivity index (χ2v) is 10.6. The highest BCUT2D eigenvalue weighted by Crippen LogP contribution is 2.30. The lowest BCUT2D eigenvalue weighted by atomic mass is 10.2. The molecule has 9 heteroatoms. The molecule has 0 unspecified atom stereocenters. The molecule has 1 aromatic heterocycles. The van der Waals surface area contributed by atoms with Crippen LogP contribution in [-0.2, 0) is 14.8 Å². The van der Waals surface area contributed by atoms with Gasteiger partial charge >= 0.3 is 0 Å². The molecule has 1 saturated heterocycles. The number of carbonyl (C=O) groups is 1. The lowest BCUT2D eigenvalue weighted by molar-refractivity contribution is -0.129. The molecule has 1 aliphatic heterocycles. The first-order valence-electron chi connectivity index (χ1n) is 12.0. The molecule has 8 nitrogen and oxygen atoms in total. The van der Waals surface area contributed by atoms with Gasteiger partial charge in [-0.25, -0.2) is 8.42 Å². The number of hydrogen-bond donors (Lipinski definition) is 0. The fourth-order valence-electron chi connectivity index (χ4n) is 4.58. The Kier molecular flexibility index (Phi) is 6.96. The normalized spacial score (nSPS) is 14.0. The smallest absolute Gasteiger partial charge is 0.265 e. The maximum atomic E-state index is 14.1. The Balaban J connectivity index is 1.43. The number of para-hydroxylation sites is 1. The first-order chi connectivity index (χ1) is 18.0. The zero-order chi connectivity index (χ0) is 25.8. The molecule has 1 amide bonds. The third-order valence-corrected chi connectivity index (χ3v) is 8.43. The van der Waals surface area contributed by atoms with E-state index in [-0.39, 0.29) is 17.3 Å². The van der Waals surface area contributed by atoms with Crippen LogP contribution in [-0.4, -0.2) is 64.0 Å². The molecule has 1 fully saturated rings. The Morgan fingerprint density at radius 1 is 0.919 bits per heavy atom. The lowest BCUT2D eigenvalue weighted by Crippen LogP contribution is -2.52. The Labute approximate surface area is 216 Å². The zero-order valence-electron chi connectivity index (χ0n) is 20.5. The van der Waals surface area contributed by atoms with Crippen LogP contribution in [0.2, 0.25) is 0 Å². The lowest BCUT2D eigenvalue weighted by Gasteiger charge is -2.37. The van der Waals surface area contributed by atoms with Gasteiger partial charge in [-0.2, -0.15) is 0 Å². The van der Waals surface area contributed by atoms with E-state index in [9.17, 15) is 13.2 Å². The van der Waals surface area contributed by atoms with Gasteiger partial charge in [0.1, 0.15) is 12.3 Å². The predicted octanol–water partition coefficient (Wildman–Crippen LogP) is 3.79.